The Labute approximate surface area is 108 Å². The largest absolute Gasteiger partial charge is 0.508 e. The number of benzene rings is 2. The second kappa shape index (κ2) is 4.31. The van der Waals surface area contributed by atoms with Gasteiger partial charge >= 0.3 is 0 Å². The van der Waals surface area contributed by atoms with E-state index in [9.17, 15) is 5.11 Å². The molecule has 1 heterocycles. The minimum atomic E-state index is 0.262. The van der Waals surface area contributed by atoms with Gasteiger partial charge in [0.1, 0.15) is 16.5 Å². The van der Waals surface area contributed by atoms with Crippen LogP contribution in [0.5, 0.6) is 11.5 Å². The molecule has 0 atom stereocenters. The molecule has 0 bridgehead atoms. The summed E-state index contributed by atoms with van der Waals surface area (Å²) in [7, 11) is 1.65. The maximum Gasteiger partial charge on any atom is 0.129 e. The molecule has 0 aliphatic rings. The molecule has 1 N–H and O–H groups in total. The molecule has 0 aliphatic carbocycles. The number of ether oxygens (including phenoxy) is 1. The van der Waals surface area contributed by atoms with E-state index in [1.165, 1.54) is 0 Å². The summed E-state index contributed by atoms with van der Waals surface area (Å²) in [5.74, 6) is 1.07. The summed E-state index contributed by atoms with van der Waals surface area (Å²) in [6.45, 7) is 0. The highest BCUT2D eigenvalue weighted by atomic mass is 32.1. The number of nitrogens with zero attached hydrogens (tertiary/aromatic N) is 1. The lowest BCUT2D eigenvalue weighted by atomic mass is 10.2. The number of hydrogen-bond donors (Lipinski definition) is 1. The first kappa shape index (κ1) is 11.0. The van der Waals surface area contributed by atoms with Crippen molar-refractivity contribution < 1.29 is 9.84 Å². The molecule has 0 amide bonds. The van der Waals surface area contributed by atoms with Crippen molar-refractivity contribution in [1.82, 2.24) is 4.98 Å². The van der Waals surface area contributed by atoms with Gasteiger partial charge in [0.05, 0.1) is 22.9 Å². The Hall–Kier alpha value is -2.07. The van der Waals surface area contributed by atoms with Crippen molar-refractivity contribution in [2.45, 2.75) is 0 Å². The van der Waals surface area contributed by atoms with E-state index in [4.69, 9.17) is 4.74 Å². The van der Waals surface area contributed by atoms with Crippen LogP contribution in [0.3, 0.4) is 0 Å². The molecule has 1 aromatic heterocycles. The Morgan fingerprint density at radius 1 is 1.17 bits per heavy atom. The Bertz CT molecular complexity index is 706. The minimum Gasteiger partial charge on any atom is -0.508 e. The average molecular weight is 257 g/mol. The molecule has 0 unspecified atom stereocenters. The first-order valence-electron chi connectivity index (χ1n) is 5.51. The van der Waals surface area contributed by atoms with Crippen LogP contribution in [-0.4, -0.2) is 17.2 Å². The zero-order chi connectivity index (χ0) is 12.5. The second-order valence-electron chi connectivity index (χ2n) is 3.87. The summed E-state index contributed by atoms with van der Waals surface area (Å²) < 4.78 is 6.31. The van der Waals surface area contributed by atoms with Gasteiger partial charge in [0.2, 0.25) is 0 Å². The third kappa shape index (κ3) is 1.80. The Morgan fingerprint density at radius 2 is 2.00 bits per heavy atom. The van der Waals surface area contributed by atoms with Crippen molar-refractivity contribution >= 4 is 21.6 Å². The van der Waals surface area contributed by atoms with Gasteiger partial charge in [-0.3, -0.25) is 0 Å². The van der Waals surface area contributed by atoms with Gasteiger partial charge in [-0.05, 0) is 30.3 Å². The summed E-state index contributed by atoms with van der Waals surface area (Å²) in [5.41, 5.74) is 1.86. The SMILES string of the molecule is COc1ccccc1-c1nc2ccc(O)cc2s1. The van der Waals surface area contributed by atoms with Gasteiger partial charge < -0.3 is 9.84 Å². The molecule has 2 aromatic carbocycles. The molecule has 0 spiro atoms. The highest BCUT2D eigenvalue weighted by Crippen LogP contribution is 2.36. The third-order valence-electron chi connectivity index (χ3n) is 2.71. The number of aromatic nitrogens is 1. The number of methoxy groups -OCH3 is 1. The quantitative estimate of drug-likeness (QED) is 0.761. The molecule has 0 aliphatic heterocycles. The van der Waals surface area contributed by atoms with Crippen LogP contribution < -0.4 is 4.74 Å². The van der Waals surface area contributed by atoms with Crippen molar-refractivity contribution in [2.24, 2.45) is 0 Å². The zero-order valence-electron chi connectivity index (χ0n) is 9.75. The van der Waals surface area contributed by atoms with Crippen LogP contribution in [0.2, 0.25) is 0 Å². The van der Waals surface area contributed by atoms with E-state index in [-0.39, 0.29) is 5.75 Å². The molecule has 0 saturated carbocycles. The van der Waals surface area contributed by atoms with E-state index >= 15 is 0 Å². The van der Waals surface area contributed by atoms with E-state index in [0.29, 0.717) is 0 Å². The standard InChI is InChI=1S/C14H11NO2S/c1-17-12-5-3-2-4-10(12)14-15-11-7-6-9(16)8-13(11)18-14/h2-8,16H,1H3. The minimum absolute atomic E-state index is 0.262. The number of para-hydroxylation sites is 1. The molecule has 0 saturated heterocycles. The van der Waals surface area contributed by atoms with Crippen molar-refractivity contribution in [3.63, 3.8) is 0 Å². The van der Waals surface area contributed by atoms with Crippen LogP contribution in [0.1, 0.15) is 0 Å². The van der Waals surface area contributed by atoms with Crippen molar-refractivity contribution in [3.05, 3.63) is 42.5 Å². The number of fused-ring (bicyclic) bond motifs is 1. The van der Waals surface area contributed by atoms with Crippen LogP contribution in [0.4, 0.5) is 0 Å². The number of hydrogen-bond acceptors (Lipinski definition) is 4. The van der Waals surface area contributed by atoms with Gasteiger partial charge in [0.15, 0.2) is 0 Å². The molecule has 3 aromatic rings. The molecule has 0 fully saturated rings. The van der Waals surface area contributed by atoms with Gasteiger partial charge in [-0.25, -0.2) is 4.98 Å². The lowest BCUT2D eigenvalue weighted by Gasteiger charge is -2.04. The highest BCUT2D eigenvalue weighted by molar-refractivity contribution is 7.21. The van der Waals surface area contributed by atoms with E-state index in [2.05, 4.69) is 4.98 Å². The normalized spacial score (nSPS) is 10.7. The van der Waals surface area contributed by atoms with Crippen molar-refractivity contribution in [1.29, 1.82) is 0 Å². The van der Waals surface area contributed by atoms with E-state index in [1.807, 2.05) is 30.3 Å². The fourth-order valence-corrected chi connectivity index (χ4v) is 2.88. The van der Waals surface area contributed by atoms with Crippen LogP contribution in [-0.2, 0) is 0 Å². The zero-order valence-corrected chi connectivity index (χ0v) is 10.6. The lowest BCUT2D eigenvalue weighted by molar-refractivity contribution is 0.416. The van der Waals surface area contributed by atoms with Gasteiger partial charge in [-0.1, -0.05) is 12.1 Å². The molecule has 3 nitrogen and oxygen atoms in total. The maximum atomic E-state index is 9.47. The predicted molar refractivity (Wildman–Crippen MR) is 73.3 cm³/mol. The van der Waals surface area contributed by atoms with E-state index in [1.54, 1.807) is 30.6 Å². The molecule has 4 heteroatoms. The van der Waals surface area contributed by atoms with Crippen molar-refractivity contribution in [2.75, 3.05) is 7.11 Å². The van der Waals surface area contributed by atoms with Crippen LogP contribution in [0.25, 0.3) is 20.8 Å². The van der Waals surface area contributed by atoms with Crippen molar-refractivity contribution in [3.8, 4) is 22.1 Å². The lowest BCUT2D eigenvalue weighted by Crippen LogP contribution is -1.86. The number of phenols is 1. The summed E-state index contributed by atoms with van der Waals surface area (Å²) in [5, 5.41) is 10.4. The van der Waals surface area contributed by atoms with Crippen LogP contribution in [0.15, 0.2) is 42.5 Å². The first-order valence-corrected chi connectivity index (χ1v) is 6.32. The molecule has 0 radical (unpaired) electrons. The number of phenolic OH excluding ortho intramolecular Hbond substituents is 1. The van der Waals surface area contributed by atoms with Gasteiger partial charge in [0, 0.05) is 0 Å². The maximum absolute atomic E-state index is 9.47. The highest BCUT2D eigenvalue weighted by Gasteiger charge is 2.10. The molecule has 18 heavy (non-hydrogen) atoms. The van der Waals surface area contributed by atoms with Crippen LogP contribution >= 0.6 is 11.3 Å². The number of rotatable bonds is 2. The third-order valence-corrected chi connectivity index (χ3v) is 3.76. The fourth-order valence-electron chi connectivity index (χ4n) is 1.85. The molecule has 90 valence electrons. The van der Waals surface area contributed by atoms with E-state index in [0.717, 1.165) is 26.5 Å². The smallest absolute Gasteiger partial charge is 0.129 e. The van der Waals surface area contributed by atoms with E-state index < -0.39 is 0 Å². The molecular formula is C14H11NO2S. The van der Waals surface area contributed by atoms with Gasteiger partial charge in [-0.2, -0.15) is 0 Å². The summed E-state index contributed by atoms with van der Waals surface area (Å²) in [6.07, 6.45) is 0. The number of aromatic hydroxyl groups is 1. The average Bonchev–Trinajstić information content (AvgIpc) is 2.81. The summed E-state index contributed by atoms with van der Waals surface area (Å²) in [6, 6.07) is 13.0. The van der Waals surface area contributed by atoms with Gasteiger partial charge in [-0.15, -0.1) is 11.3 Å². The second-order valence-corrected chi connectivity index (χ2v) is 4.90. The summed E-state index contributed by atoms with van der Waals surface area (Å²) >= 11 is 1.54. The molecular weight excluding hydrogens is 246 g/mol. The topological polar surface area (TPSA) is 42.4 Å². The molecule has 3 rings (SSSR count). The first-order chi connectivity index (χ1) is 8.78. The predicted octanol–water partition coefficient (Wildman–Crippen LogP) is 3.68. The van der Waals surface area contributed by atoms with Gasteiger partial charge in [0.25, 0.3) is 0 Å². The monoisotopic (exact) mass is 257 g/mol. The Kier molecular flexibility index (Phi) is 2.64. The fraction of sp³-hybridized carbons (Fsp3) is 0.0714. The number of thiazole rings is 1. The Balaban J connectivity index is 2.19. The summed E-state index contributed by atoms with van der Waals surface area (Å²) in [4.78, 5) is 4.56. The Morgan fingerprint density at radius 3 is 2.83 bits per heavy atom. The van der Waals surface area contributed by atoms with Crippen LogP contribution in [0, 0.1) is 0 Å².